The molecule has 170 valence electrons. The molecule has 0 amide bonds. The lowest BCUT2D eigenvalue weighted by Crippen LogP contribution is -2.19. The van der Waals surface area contributed by atoms with E-state index in [-0.39, 0.29) is 43.2 Å². The first-order valence-electron chi connectivity index (χ1n) is 10.7. The van der Waals surface area contributed by atoms with Gasteiger partial charge in [-0.15, -0.1) is 0 Å². The molecule has 0 fully saturated rings. The Kier molecular flexibility index (Phi) is 10.8. The molecule has 0 radical (unpaired) electrons. The Hall–Kier alpha value is -2.64. The van der Waals surface area contributed by atoms with Crippen LogP contribution in [0.25, 0.3) is 0 Å². The second kappa shape index (κ2) is 13.6. The molecule has 0 aromatic heterocycles. The molecule has 0 saturated heterocycles. The van der Waals surface area contributed by atoms with Crippen LogP contribution >= 0.6 is 0 Å². The fourth-order valence-corrected chi connectivity index (χ4v) is 2.94. The zero-order chi connectivity index (χ0) is 22.5. The maximum Gasteiger partial charge on any atom is 0.342 e. The number of hydrogen-bond acceptors (Lipinski definition) is 7. The molecule has 1 aliphatic heterocycles. The molecular formula is C24H32O7. The smallest absolute Gasteiger partial charge is 0.342 e. The number of carbonyl (C=O) groups excluding carboxylic acids is 2. The van der Waals surface area contributed by atoms with Crippen LogP contribution in [0.1, 0.15) is 56.0 Å². The molecule has 0 saturated carbocycles. The molecule has 1 aliphatic rings. The highest BCUT2D eigenvalue weighted by molar-refractivity contribution is 5.98. The fraction of sp³-hybridized carbons (Fsp3) is 0.500. The molecule has 0 bridgehead atoms. The van der Waals surface area contributed by atoms with E-state index in [4.69, 9.17) is 23.7 Å². The van der Waals surface area contributed by atoms with Crippen molar-refractivity contribution in [3.8, 4) is 11.5 Å². The van der Waals surface area contributed by atoms with E-state index in [1.807, 2.05) is 39.0 Å². The van der Waals surface area contributed by atoms with Gasteiger partial charge in [0.1, 0.15) is 23.2 Å². The predicted molar refractivity (Wildman–Crippen MR) is 116 cm³/mol. The number of allylic oxidation sites excluding steroid dienone is 3. The standard InChI is InChI=1S/C24H32O7/c1-4-27-16-29-21-14-19-13-20(25)12-10-8-6-7-9-11-18(3)31-24(26)23(19)22(15-21)30-17-28-5-2/h7,9-10,12,14-15,18H,4-6,8,11,13,16-17H2,1-3H3/b9-7+,12-10+/t18-/m1/s1. The number of hydrogen-bond donors (Lipinski definition) is 0. The predicted octanol–water partition coefficient (Wildman–Crippen LogP) is 4.39. The van der Waals surface area contributed by atoms with Crippen LogP contribution in [0.2, 0.25) is 0 Å². The van der Waals surface area contributed by atoms with E-state index < -0.39 is 5.97 Å². The van der Waals surface area contributed by atoms with Gasteiger partial charge in [-0.1, -0.05) is 18.2 Å². The lowest BCUT2D eigenvalue weighted by Gasteiger charge is -2.19. The monoisotopic (exact) mass is 432 g/mol. The average Bonchev–Trinajstić information content (AvgIpc) is 2.72. The Morgan fingerprint density at radius 1 is 0.968 bits per heavy atom. The van der Waals surface area contributed by atoms with E-state index in [2.05, 4.69) is 0 Å². The highest BCUT2D eigenvalue weighted by Crippen LogP contribution is 2.31. The third-order valence-electron chi connectivity index (χ3n) is 4.49. The first-order chi connectivity index (χ1) is 15.0. The summed E-state index contributed by atoms with van der Waals surface area (Å²) < 4.78 is 27.5. The number of ether oxygens (including phenoxy) is 5. The maximum atomic E-state index is 13.1. The minimum absolute atomic E-state index is 0.0159. The van der Waals surface area contributed by atoms with Crippen molar-refractivity contribution >= 4 is 11.8 Å². The molecule has 0 N–H and O–H groups in total. The Morgan fingerprint density at radius 2 is 1.68 bits per heavy atom. The van der Waals surface area contributed by atoms with Gasteiger partial charge >= 0.3 is 5.97 Å². The Morgan fingerprint density at radius 3 is 2.42 bits per heavy atom. The lowest BCUT2D eigenvalue weighted by molar-refractivity contribution is -0.114. The molecule has 31 heavy (non-hydrogen) atoms. The molecule has 1 heterocycles. The molecule has 7 heteroatoms. The van der Waals surface area contributed by atoms with Crippen molar-refractivity contribution in [2.75, 3.05) is 26.8 Å². The van der Waals surface area contributed by atoms with Crippen LogP contribution in [-0.2, 0) is 25.4 Å². The Balaban J connectivity index is 2.45. The first kappa shape index (κ1) is 24.6. The zero-order valence-corrected chi connectivity index (χ0v) is 18.6. The molecular weight excluding hydrogens is 400 g/mol. The maximum absolute atomic E-state index is 13.1. The highest BCUT2D eigenvalue weighted by Gasteiger charge is 2.24. The quantitative estimate of drug-likeness (QED) is 0.261. The van der Waals surface area contributed by atoms with Crippen molar-refractivity contribution in [3.63, 3.8) is 0 Å². The summed E-state index contributed by atoms with van der Waals surface area (Å²) in [4.78, 5) is 25.6. The van der Waals surface area contributed by atoms with Gasteiger partial charge in [0, 0.05) is 32.1 Å². The molecule has 0 spiro atoms. The van der Waals surface area contributed by atoms with Gasteiger partial charge in [-0.2, -0.15) is 0 Å². The highest BCUT2D eigenvalue weighted by atomic mass is 16.7. The summed E-state index contributed by atoms with van der Waals surface area (Å²) in [6.07, 6.45) is 9.30. The van der Waals surface area contributed by atoms with Crippen LogP contribution < -0.4 is 9.47 Å². The second-order valence-electron chi connectivity index (χ2n) is 7.01. The van der Waals surface area contributed by atoms with Gasteiger partial charge < -0.3 is 23.7 Å². The number of esters is 1. The van der Waals surface area contributed by atoms with Crippen LogP contribution in [0.3, 0.4) is 0 Å². The third-order valence-corrected chi connectivity index (χ3v) is 4.49. The van der Waals surface area contributed by atoms with Crippen LogP contribution in [0.4, 0.5) is 0 Å². The number of cyclic esters (lactones) is 1. The zero-order valence-electron chi connectivity index (χ0n) is 18.6. The summed E-state index contributed by atoms with van der Waals surface area (Å²) in [6, 6.07) is 3.25. The summed E-state index contributed by atoms with van der Waals surface area (Å²) in [5, 5.41) is 0. The van der Waals surface area contributed by atoms with E-state index in [1.165, 1.54) is 0 Å². The molecule has 1 atom stereocenters. The Bertz CT molecular complexity index is 782. The number of fused-ring (bicyclic) bond motifs is 1. The van der Waals surface area contributed by atoms with Gasteiger partial charge in [-0.05, 0) is 51.3 Å². The van der Waals surface area contributed by atoms with Crippen molar-refractivity contribution in [1.82, 2.24) is 0 Å². The summed E-state index contributed by atoms with van der Waals surface area (Å²) >= 11 is 0. The summed E-state index contributed by atoms with van der Waals surface area (Å²) in [6.45, 7) is 6.50. The van der Waals surface area contributed by atoms with Gasteiger partial charge in [0.15, 0.2) is 19.4 Å². The van der Waals surface area contributed by atoms with Crippen molar-refractivity contribution in [1.29, 1.82) is 0 Å². The summed E-state index contributed by atoms with van der Waals surface area (Å²) in [5.41, 5.74) is 0.679. The molecule has 0 unspecified atom stereocenters. The van der Waals surface area contributed by atoms with Gasteiger partial charge in [0.2, 0.25) is 0 Å². The lowest BCUT2D eigenvalue weighted by atomic mass is 10.00. The van der Waals surface area contributed by atoms with E-state index in [1.54, 1.807) is 18.2 Å². The molecule has 1 aromatic carbocycles. The SMILES string of the molecule is CCOCOc1cc2c(c(OCOCC)c1)C(=O)O[C@H](C)C/C=C/CC/C=C/C(=O)C2. The minimum Gasteiger partial charge on any atom is -0.467 e. The normalized spacial score (nSPS) is 19.6. The van der Waals surface area contributed by atoms with Crippen molar-refractivity contribution < 1.29 is 33.3 Å². The topological polar surface area (TPSA) is 80.3 Å². The molecule has 2 rings (SSSR count). The molecule has 7 nitrogen and oxygen atoms in total. The van der Waals surface area contributed by atoms with Crippen LogP contribution in [0.5, 0.6) is 11.5 Å². The van der Waals surface area contributed by atoms with Gasteiger partial charge in [-0.25, -0.2) is 4.79 Å². The number of rotatable bonds is 8. The van der Waals surface area contributed by atoms with Gasteiger partial charge in [0.05, 0.1) is 0 Å². The minimum atomic E-state index is -0.549. The van der Waals surface area contributed by atoms with Crippen molar-refractivity contribution in [2.24, 2.45) is 0 Å². The van der Waals surface area contributed by atoms with E-state index >= 15 is 0 Å². The van der Waals surface area contributed by atoms with E-state index in [0.717, 1.165) is 12.8 Å². The molecule has 0 aliphatic carbocycles. The number of carbonyl (C=O) groups is 2. The Labute approximate surface area is 184 Å². The van der Waals surface area contributed by atoms with E-state index in [9.17, 15) is 9.59 Å². The first-order valence-corrected chi connectivity index (χ1v) is 10.7. The van der Waals surface area contributed by atoms with Crippen molar-refractivity contribution in [3.05, 3.63) is 47.6 Å². The molecule has 1 aromatic rings. The second-order valence-corrected chi connectivity index (χ2v) is 7.01. The van der Waals surface area contributed by atoms with Gasteiger partial charge in [-0.3, -0.25) is 4.79 Å². The summed E-state index contributed by atoms with van der Waals surface area (Å²) in [5.74, 6) is 0.00268. The summed E-state index contributed by atoms with van der Waals surface area (Å²) in [7, 11) is 0. The number of benzene rings is 1. The fourth-order valence-electron chi connectivity index (χ4n) is 2.94. The largest absolute Gasteiger partial charge is 0.467 e. The van der Waals surface area contributed by atoms with Crippen LogP contribution in [0.15, 0.2) is 36.4 Å². The van der Waals surface area contributed by atoms with Crippen molar-refractivity contribution in [2.45, 2.75) is 52.6 Å². The van der Waals surface area contributed by atoms with Gasteiger partial charge in [0.25, 0.3) is 0 Å². The van der Waals surface area contributed by atoms with E-state index in [0.29, 0.717) is 30.9 Å². The van der Waals surface area contributed by atoms with Crippen LogP contribution in [0, 0.1) is 0 Å². The third kappa shape index (κ3) is 8.55. The number of ketones is 1. The van der Waals surface area contributed by atoms with Crippen LogP contribution in [-0.4, -0.2) is 44.7 Å². The average molecular weight is 433 g/mol.